The third kappa shape index (κ3) is 3.76. The first-order chi connectivity index (χ1) is 9.82. The fourth-order valence-corrected chi connectivity index (χ4v) is 4.38. The number of benzene rings is 1. The van der Waals surface area contributed by atoms with Crippen molar-refractivity contribution in [3.8, 4) is 0 Å². The van der Waals surface area contributed by atoms with Crippen LogP contribution in [0.5, 0.6) is 0 Å². The highest BCUT2D eigenvalue weighted by molar-refractivity contribution is 9.10. The number of nitrogens with two attached hydrogens (primary N) is 1. The molecule has 0 atom stereocenters. The van der Waals surface area contributed by atoms with Crippen LogP contribution in [0.2, 0.25) is 0 Å². The molecule has 21 heavy (non-hydrogen) atoms. The number of hydrogen-bond acceptors (Lipinski definition) is 3. The van der Waals surface area contributed by atoms with Gasteiger partial charge in [0.2, 0.25) is 10.0 Å². The van der Waals surface area contributed by atoms with Gasteiger partial charge in [-0.05, 0) is 46.8 Å². The Bertz CT molecular complexity index is 616. The fraction of sp³-hybridized carbons (Fsp3) is 0.571. The van der Waals surface area contributed by atoms with Crippen molar-refractivity contribution in [1.82, 2.24) is 4.31 Å². The van der Waals surface area contributed by atoms with Crippen molar-refractivity contribution >= 4 is 31.6 Å². The van der Waals surface area contributed by atoms with Crippen molar-refractivity contribution in [2.24, 2.45) is 5.92 Å². The van der Waals surface area contributed by atoms with E-state index in [-0.39, 0.29) is 10.6 Å². The Morgan fingerprint density at radius 3 is 2.57 bits per heavy atom. The molecule has 1 fully saturated rings. The zero-order valence-electron chi connectivity index (χ0n) is 12.0. The van der Waals surface area contributed by atoms with Crippen molar-refractivity contribution in [2.75, 3.05) is 19.3 Å². The molecule has 1 aromatic carbocycles. The highest BCUT2D eigenvalue weighted by Gasteiger charge is 2.28. The van der Waals surface area contributed by atoms with Crippen LogP contribution in [0.3, 0.4) is 0 Å². The average Bonchev–Trinajstić information content (AvgIpc) is 2.43. The molecule has 2 N–H and O–H groups in total. The van der Waals surface area contributed by atoms with Crippen LogP contribution in [0, 0.1) is 11.7 Å². The summed E-state index contributed by atoms with van der Waals surface area (Å²) in [6, 6.07) is 2.27. The first kappa shape index (κ1) is 16.7. The van der Waals surface area contributed by atoms with Crippen LogP contribution in [0.4, 0.5) is 10.1 Å². The molecule has 0 unspecified atom stereocenters. The molecule has 1 aliphatic rings. The lowest BCUT2D eigenvalue weighted by atomic mass is 9.89. The number of rotatable bonds is 4. The lowest BCUT2D eigenvalue weighted by Gasteiger charge is -2.26. The minimum atomic E-state index is -3.85. The van der Waals surface area contributed by atoms with E-state index in [1.165, 1.54) is 23.8 Å². The van der Waals surface area contributed by atoms with Gasteiger partial charge in [0.25, 0.3) is 0 Å². The van der Waals surface area contributed by atoms with E-state index < -0.39 is 15.8 Å². The van der Waals surface area contributed by atoms with Crippen molar-refractivity contribution in [1.29, 1.82) is 0 Å². The van der Waals surface area contributed by atoms with Crippen LogP contribution in [0.15, 0.2) is 21.5 Å². The Morgan fingerprint density at radius 1 is 1.33 bits per heavy atom. The predicted molar refractivity (Wildman–Crippen MR) is 84.9 cm³/mol. The van der Waals surface area contributed by atoms with Crippen molar-refractivity contribution in [2.45, 2.75) is 37.0 Å². The smallest absolute Gasteiger partial charge is 0.245 e. The summed E-state index contributed by atoms with van der Waals surface area (Å²) >= 11 is 3.09. The van der Waals surface area contributed by atoms with Crippen molar-refractivity contribution in [3.05, 3.63) is 22.4 Å². The van der Waals surface area contributed by atoms with E-state index in [0.717, 1.165) is 31.7 Å². The third-order valence-electron chi connectivity index (χ3n) is 3.98. The van der Waals surface area contributed by atoms with Gasteiger partial charge in [-0.1, -0.05) is 19.3 Å². The number of hydrogen-bond donors (Lipinski definition) is 1. The molecule has 0 saturated heterocycles. The summed E-state index contributed by atoms with van der Waals surface area (Å²) in [5.74, 6) is -0.430. The second-order valence-electron chi connectivity index (χ2n) is 5.59. The SMILES string of the molecule is CN(CC1CCCCC1)S(=O)(=O)c1cc(N)c(Br)cc1F. The number of nitrogens with zero attached hydrogens (tertiary/aromatic N) is 1. The quantitative estimate of drug-likeness (QED) is 0.816. The standard InChI is InChI=1S/C14H20BrFN2O2S/c1-18(9-10-5-3-2-4-6-10)21(19,20)14-8-13(17)11(15)7-12(14)16/h7-8,10H,2-6,9,17H2,1H3. The highest BCUT2D eigenvalue weighted by atomic mass is 79.9. The Kier molecular flexibility index (Phi) is 5.27. The zero-order valence-corrected chi connectivity index (χ0v) is 14.4. The summed E-state index contributed by atoms with van der Waals surface area (Å²) in [5, 5.41) is 0. The lowest BCUT2D eigenvalue weighted by Crippen LogP contribution is -2.33. The third-order valence-corrected chi connectivity index (χ3v) is 6.50. The maximum Gasteiger partial charge on any atom is 0.245 e. The topological polar surface area (TPSA) is 63.4 Å². The van der Waals surface area contributed by atoms with Gasteiger partial charge in [0.15, 0.2) is 0 Å². The van der Waals surface area contributed by atoms with Gasteiger partial charge in [-0.15, -0.1) is 0 Å². The molecule has 4 nitrogen and oxygen atoms in total. The van der Waals surface area contributed by atoms with Gasteiger partial charge in [-0.25, -0.2) is 17.1 Å². The molecular weight excluding hydrogens is 359 g/mol. The molecule has 0 heterocycles. The molecule has 0 aromatic heterocycles. The van der Waals surface area contributed by atoms with Gasteiger partial charge in [0.1, 0.15) is 10.7 Å². The van der Waals surface area contributed by atoms with Gasteiger partial charge in [0.05, 0.1) is 0 Å². The van der Waals surface area contributed by atoms with Gasteiger partial charge >= 0.3 is 0 Å². The number of anilines is 1. The fourth-order valence-electron chi connectivity index (χ4n) is 2.74. The van der Waals surface area contributed by atoms with Crippen LogP contribution in [0.25, 0.3) is 0 Å². The molecule has 0 aliphatic heterocycles. The zero-order chi connectivity index (χ0) is 15.6. The molecule has 118 valence electrons. The summed E-state index contributed by atoms with van der Waals surface area (Å²) in [7, 11) is -2.35. The normalized spacial score (nSPS) is 17.3. The molecule has 0 radical (unpaired) electrons. The molecular formula is C14H20BrFN2O2S. The Hall–Kier alpha value is -0.660. The summed E-state index contributed by atoms with van der Waals surface area (Å²) in [6.45, 7) is 0.428. The first-order valence-corrected chi connectivity index (χ1v) is 9.26. The highest BCUT2D eigenvalue weighted by Crippen LogP contribution is 2.29. The Balaban J connectivity index is 2.22. The van der Waals surface area contributed by atoms with E-state index in [2.05, 4.69) is 15.9 Å². The molecule has 2 rings (SSSR count). The molecule has 0 spiro atoms. The second kappa shape index (κ2) is 6.62. The second-order valence-corrected chi connectivity index (χ2v) is 8.46. The van der Waals surface area contributed by atoms with Crippen molar-refractivity contribution in [3.63, 3.8) is 0 Å². The maximum absolute atomic E-state index is 14.0. The van der Waals surface area contributed by atoms with Crippen LogP contribution in [0.1, 0.15) is 32.1 Å². The summed E-state index contributed by atoms with van der Waals surface area (Å²) in [5.41, 5.74) is 5.88. The Morgan fingerprint density at radius 2 is 1.95 bits per heavy atom. The van der Waals surface area contributed by atoms with E-state index in [1.54, 1.807) is 0 Å². The van der Waals surface area contributed by atoms with Gasteiger partial charge < -0.3 is 5.73 Å². The average molecular weight is 379 g/mol. The molecule has 0 bridgehead atoms. The Labute approximate surface area is 133 Å². The van der Waals surface area contributed by atoms with Crippen LogP contribution in [-0.4, -0.2) is 26.3 Å². The van der Waals surface area contributed by atoms with Gasteiger partial charge in [0, 0.05) is 23.8 Å². The van der Waals surface area contributed by atoms with E-state index in [0.29, 0.717) is 16.9 Å². The minimum absolute atomic E-state index is 0.209. The maximum atomic E-state index is 14.0. The van der Waals surface area contributed by atoms with E-state index in [4.69, 9.17) is 5.73 Å². The van der Waals surface area contributed by atoms with Crippen LogP contribution < -0.4 is 5.73 Å². The summed E-state index contributed by atoms with van der Waals surface area (Å²) in [4.78, 5) is -0.360. The van der Waals surface area contributed by atoms with Crippen LogP contribution >= 0.6 is 15.9 Å². The number of halogens is 2. The largest absolute Gasteiger partial charge is 0.398 e. The monoisotopic (exact) mass is 378 g/mol. The first-order valence-electron chi connectivity index (χ1n) is 7.03. The minimum Gasteiger partial charge on any atom is -0.398 e. The molecule has 1 aliphatic carbocycles. The van der Waals surface area contributed by atoms with Crippen molar-refractivity contribution < 1.29 is 12.8 Å². The molecule has 0 amide bonds. The number of nitrogen functional groups attached to an aromatic ring is 1. The summed E-state index contributed by atoms with van der Waals surface area (Å²) in [6.07, 6.45) is 5.55. The van der Waals surface area contributed by atoms with E-state index in [1.807, 2.05) is 0 Å². The number of sulfonamides is 1. The van der Waals surface area contributed by atoms with Gasteiger partial charge in [-0.2, -0.15) is 0 Å². The van der Waals surface area contributed by atoms with Gasteiger partial charge in [-0.3, -0.25) is 0 Å². The lowest BCUT2D eigenvalue weighted by molar-refractivity contribution is 0.299. The molecule has 1 saturated carbocycles. The van der Waals surface area contributed by atoms with E-state index >= 15 is 0 Å². The predicted octanol–water partition coefficient (Wildman–Crippen LogP) is 3.37. The summed E-state index contributed by atoms with van der Waals surface area (Å²) < 4.78 is 40.6. The molecule has 7 heteroatoms. The van der Waals surface area contributed by atoms with Crippen LogP contribution in [-0.2, 0) is 10.0 Å². The molecule has 1 aromatic rings. The van der Waals surface area contributed by atoms with E-state index in [9.17, 15) is 12.8 Å².